The molecule has 0 bridgehead atoms. The zero-order valence-electron chi connectivity index (χ0n) is 22.4. The lowest BCUT2D eigenvalue weighted by Gasteiger charge is -2.38. The molecule has 1 aliphatic heterocycles. The van der Waals surface area contributed by atoms with E-state index < -0.39 is 17.8 Å². The minimum Gasteiger partial charge on any atom is -0.489 e. The van der Waals surface area contributed by atoms with Crippen LogP contribution in [0.4, 0.5) is 4.39 Å². The summed E-state index contributed by atoms with van der Waals surface area (Å²) in [6, 6.07) is 5.90. The number of pyridine rings is 1. The van der Waals surface area contributed by atoms with E-state index in [1.807, 2.05) is 13.0 Å². The number of nitrogens with one attached hydrogen (secondary N) is 2. The Labute approximate surface area is 235 Å². The highest BCUT2D eigenvalue weighted by molar-refractivity contribution is 7.08. The van der Waals surface area contributed by atoms with Gasteiger partial charge in [-0.1, -0.05) is 11.3 Å². The summed E-state index contributed by atoms with van der Waals surface area (Å²) in [5.41, 5.74) is 4.29. The molecule has 40 heavy (non-hydrogen) atoms. The van der Waals surface area contributed by atoms with Crippen LogP contribution in [0.15, 0.2) is 29.1 Å². The number of aromatic nitrogens is 3. The van der Waals surface area contributed by atoms with Crippen molar-refractivity contribution in [2.24, 2.45) is 5.92 Å². The molecule has 2 atom stereocenters. The predicted molar refractivity (Wildman–Crippen MR) is 147 cm³/mol. The van der Waals surface area contributed by atoms with Gasteiger partial charge in [0.05, 0.1) is 11.5 Å². The Morgan fingerprint density at radius 1 is 1.20 bits per heavy atom. The summed E-state index contributed by atoms with van der Waals surface area (Å²) >= 11 is 0.971. The summed E-state index contributed by atoms with van der Waals surface area (Å²) < 4.78 is 21.1. The lowest BCUT2D eigenvalue weighted by atomic mass is 9.91. The highest BCUT2D eigenvalue weighted by Crippen LogP contribution is 2.35. The molecule has 2 aliphatic carbocycles. The van der Waals surface area contributed by atoms with Crippen molar-refractivity contribution >= 4 is 23.2 Å². The maximum atomic E-state index is 15.1. The van der Waals surface area contributed by atoms with Crippen molar-refractivity contribution in [3.8, 4) is 5.75 Å². The van der Waals surface area contributed by atoms with Crippen LogP contribution in [-0.2, 0) is 24.2 Å². The summed E-state index contributed by atoms with van der Waals surface area (Å²) in [5, 5.41) is 10.0. The van der Waals surface area contributed by atoms with Crippen molar-refractivity contribution in [1.82, 2.24) is 25.4 Å². The quantitative estimate of drug-likeness (QED) is 0.452. The molecular weight excluding hydrogens is 533 g/mol. The van der Waals surface area contributed by atoms with E-state index in [9.17, 15) is 14.4 Å². The number of halogens is 1. The van der Waals surface area contributed by atoms with Gasteiger partial charge in [-0.3, -0.25) is 19.4 Å². The van der Waals surface area contributed by atoms with Crippen molar-refractivity contribution in [1.29, 1.82) is 0 Å². The second-order valence-electron chi connectivity index (χ2n) is 11.0. The van der Waals surface area contributed by atoms with Crippen LogP contribution < -0.4 is 14.9 Å². The summed E-state index contributed by atoms with van der Waals surface area (Å²) in [6.45, 7) is 3.12. The molecular formula is C29H32FN5O4S. The van der Waals surface area contributed by atoms with Gasteiger partial charge in [0.1, 0.15) is 23.2 Å². The number of nitrogens with zero attached hydrogens (tertiary/aromatic N) is 3. The van der Waals surface area contributed by atoms with Crippen LogP contribution in [0.2, 0.25) is 0 Å². The number of amides is 2. The Kier molecular flexibility index (Phi) is 7.39. The minimum atomic E-state index is -0.676. The number of H-pyrrole nitrogens is 1. The van der Waals surface area contributed by atoms with Gasteiger partial charge in [-0.25, -0.2) is 9.49 Å². The first-order valence-corrected chi connectivity index (χ1v) is 14.7. The maximum Gasteiger partial charge on any atom is 0.322 e. The molecule has 2 amide bonds. The summed E-state index contributed by atoms with van der Waals surface area (Å²) in [4.78, 5) is 43.8. The van der Waals surface area contributed by atoms with Crippen molar-refractivity contribution in [3.05, 3.63) is 72.8 Å². The van der Waals surface area contributed by atoms with Gasteiger partial charge in [-0.15, -0.1) is 0 Å². The van der Waals surface area contributed by atoms with E-state index in [-0.39, 0.29) is 28.2 Å². The van der Waals surface area contributed by atoms with Gasteiger partial charge >= 0.3 is 4.87 Å². The molecule has 1 aromatic carbocycles. The van der Waals surface area contributed by atoms with Gasteiger partial charge in [0.15, 0.2) is 0 Å². The van der Waals surface area contributed by atoms with Crippen LogP contribution in [0, 0.1) is 18.7 Å². The fourth-order valence-corrected chi connectivity index (χ4v) is 6.58. The molecule has 11 heteroatoms. The first-order valence-electron chi connectivity index (χ1n) is 13.9. The molecule has 1 saturated carbocycles. The normalized spacial score (nSPS) is 20.6. The van der Waals surface area contributed by atoms with Crippen LogP contribution >= 0.6 is 11.3 Å². The third-order valence-electron chi connectivity index (χ3n) is 8.04. The number of fused-ring (bicyclic) bond motifs is 1. The molecule has 9 nitrogen and oxygen atoms in total. The van der Waals surface area contributed by atoms with E-state index in [1.165, 1.54) is 17.7 Å². The van der Waals surface area contributed by atoms with Gasteiger partial charge in [-0.2, -0.15) is 5.10 Å². The van der Waals surface area contributed by atoms with Crippen molar-refractivity contribution < 1.29 is 18.7 Å². The molecule has 210 valence electrons. The fourth-order valence-electron chi connectivity index (χ4n) is 5.81. The molecule has 0 radical (unpaired) electrons. The molecule has 3 heterocycles. The Hall–Kier alpha value is -3.60. The van der Waals surface area contributed by atoms with Crippen LogP contribution in [0.5, 0.6) is 5.75 Å². The van der Waals surface area contributed by atoms with Crippen LogP contribution in [0.3, 0.4) is 0 Å². The number of likely N-dealkylation sites (tertiary alicyclic amines) is 1. The molecule has 0 unspecified atom stereocenters. The standard InChI is InChI=1S/C29H32FN5O4S/c1-16-12-18(20-4-2-3-5-24(20)31-16)15-39-19-8-9-21(23(30)13-19)26(36)32-25-10-11-35(28(37)17-6-7-17)14-22(25)27-33-34-29(38)40-27/h8-9,12-13,17,22,25H,2-7,10-11,14-15H2,1H3,(H,32,36)(H,34,38)/t22-,25+/m0/s1. The van der Waals surface area contributed by atoms with E-state index >= 15 is 4.39 Å². The summed E-state index contributed by atoms with van der Waals surface area (Å²) in [7, 11) is 0. The first-order chi connectivity index (χ1) is 19.4. The summed E-state index contributed by atoms with van der Waals surface area (Å²) in [6.07, 6.45) is 6.49. The summed E-state index contributed by atoms with van der Waals surface area (Å²) in [5.74, 6) is -1.05. The number of ether oxygens (including phenoxy) is 1. The zero-order chi connectivity index (χ0) is 27.8. The number of rotatable bonds is 7. The Morgan fingerprint density at radius 3 is 2.77 bits per heavy atom. The van der Waals surface area contributed by atoms with E-state index in [0.717, 1.165) is 66.8 Å². The molecule has 2 N–H and O–H groups in total. The maximum absolute atomic E-state index is 15.1. The number of carbonyl (C=O) groups excluding carboxylic acids is 2. The average Bonchev–Trinajstić information content (AvgIpc) is 3.71. The van der Waals surface area contributed by atoms with Gasteiger partial charge in [-0.05, 0) is 81.2 Å². The second kappa shape index (κ2) is 11.1. The predicted octanol–water partition coefficient (Wildman–Crippen LogP) is 3.66. The lowest BCUT2D eigenvalue weighted by Crippen LogP contribution is -2.51. The number of hydrogen-bond donors (Lipinski definition) is 2. The van der Waals surface area contributed by atoms with Gasteiger partial charge in [0, 0.05) is 42.5 Å². The SMILES string of the molecule is Cc1cc(COc2ccc(C(=O)N[C@@H]3CCN(C(=O)C4CC4)C[C@@H]3c3n[nH]c(=O)s3)c(F)c2)c2c(n1)CCCC2. The van der Waals surface area contributed by atoms with Gasteiger partial charge < -0.3 is 15.0 Å². The van der Waals surface area contributed by atoms with E-state index in [0.29, 0.717) is 36.9 Å². The third kappa shape index (κ3) is 5.65. The zero-order valence-corrected chi connectivity index (χ0v) is 23.2. The number of hydrogen-bond acceptors (Lipinski definition) is 7. The molecule has 3 aliphatic rings. The molecule has 2 fully saturated rings. The van der Waals surface area contributed by atoms with Crippen molar-refractivity contribution in [3.63, 3.8) is 0 Å². The first kappa shape index (κ1) is 26.6. The number of aryl methyl sites for hydroxylation is 2. The highest BCUT2D eigenvalue weighted by atomic mass is 32.1. The van der Waals surface area contributed by atoms with Crippen LogP contribution in [0.25, 0.3) is 0 Å². The molecule has 1 saturated heterocycles. The van der Waals surface area contributed by atoms with E-state index in [1.54, 1.807) is 11.0 Å². The monoisotopic (exact) mass is 565 g/mol. The Bertz CT molecular complexity index is 1500. The Balaban J connectivity index is 1.14. The smallest absolute Gasteiger partial charge is 0.322 e. The molecule has 2 aromatic heterocycles. The van der Waals surface area contributed by atoms with Crippen LogP contribution in [0.1, 0.15) is 75.9 Å². The van der Waals surface area contributed by atoms with Crippen molar-refractivity contribution in [2.45, 2.75) is 70.4 Å². The van der Waals surface area contributed by atoms with Gasteiger partial charge in [0.25, 0.3) is 5.91 Å². The van der Waals surface area contributed by atoms with Gasteiger partial charge in [0.2, 0.25) is 5.91 Å². The topological polar surface area (TPSA) is 117 Å². The van der Waals surface area contributed by atoms with E-state index in [2.05, 4.69) is 20.5 Å². The molecule has 3 aromatic rings. The second-order valence-corrected chi connectivity index (χ2v) is 12.0. The van der Waals surface area contributed by atoms with E-state index in [4.69, 9.17) is 4.74 Å². The number of benzene rings is 1. The molecule has 6 rings (SSSR count). The van der Waals surface area contributed by atoms with Crippen LogP contribution in [-0.4, -0.2) is 51.0 Å². The number of aromatic amines is 1. The lowest BCUT2D eigenvalue weighted by molar-refractivity contribution is -0.134. The number of piperidine rings is 1. The fraction of sp³-hybridized carbons (Fsp3) is 0.483. The number of carbonyl (C=O) groups is 2. The third-order valence-corrected chi connectivity index (χ3v) is 8.92. The largest absolute Gasteiger partial charge is 0.489 e. The average molecular weight is 566 g/mol. The van der Waals surface area contributed by atoms with Crippen molar-refractivity contribution in [2.75, 3.05) is 13.1 Å². The Morgan fingerprint density at radius 2 is 2.02 bits per heavy atom. The molecule has 0 spiro atoms. The minimum absolute atomic E-state index is 0.0764. The highest BCUT2D eigenvalue weighted by Gasteiger charge is 2.40.